The Kier molecular flexibility index (Phi) is 3.64. The number of aromatic nitrogens is 2. The maximum atomic E-state index is 8.81. The van der Waals surface area contributed by atoms with Gasteiger partial charge in [0, 0.05) is 13.1 Å². The third-order valence-corrected chi connectivity index (χ3v) is 2.22. The van der Waals surface area contributed by atoms with Gasteiger partial charge in [-0.05, 0) is 6.07 Å². The monoisotopic (exact) mass is 220 g/mol. The fourth-order valence-corrected chi connectivity index (χ4v) is 1.41. The zero-order chi connectivity index (χ0) is 11.2. The first-order valence-electron chi connectivity index (χ1n) is 5.07. The summed E-state index contributed by atoms with van der Waals surface area (Å²) in [6.07, 6.45) is 1.46. The topological polar surface area (TPSA) is 80.1 Å². The minimum absolute atomic E-state index is 0.00213. The third kappa shape index (κ3) is 2.66. The van der Waals surface area contributed by atoms with Gasteiger partial charge >= 0.3 is 0 Å². The highest BCUT2D eigenvalue weighted by Gasteiger charge is 2.15. The van der Waals surface area contributed by atoms with Crippen LogP contribution in [0.5, 0.6) is 5.88 Å². The first kappa shape index (κ1) is 10.8. The average Bonchev–Trinajstić information content (AvgIpc) is 2.38. The molecule has 84 valence electrons. The van der Waals surface area contributed by atoms with Crippen LogP contribution in [0.2, 0.25) is 0 Å². The van der Waals surface area contributed by atoms with Crippen molar-refractivity contribution in [3.8, 4) is 11.9 Å². The van der Waals surface area contributed by atoms with Crippen LogP contribution >= 0.6 is 0 Å². The van der Waals surface area contributed by atoms with Crippen molar-refractivity contribution in [1.29, 1.82) is 5.26 Å². The quantitative estimate of drug-likeness (QED) is 0.754. The fraction of sp³-hybridized carbons (Fsp3) is 0.500. The van der Waals surface area contributed by atoms with E-state index in [1.165, 1.54) is 6.20 Å². The summed E-state index contributed by atoms with van der Waals surface area (Å²) in [6.45, 7) is 2.67. The Balaban J connectivity index is 1.91. The lowest BCUT2D eigenvalue weighted by atomic mass is 10.3. The zero-order valence-electron chi connectivity index (χ0n) is 8.72. The molecule has 6 nitrogen and oxygen atoms in total. The Bertz CT molecular complexity index is 385. The molecular weight excluding hydrogens is 208 g/mol. The minimum atomic E-state index is 0.00213. The molecule has 16 heavy (non-hydrogen) atoms. The highest BCUT2D eigenvalue weighted by atomic mass is 16.5. The van der Waals surface area contributed by atoms with Crippen molar-refractivity contribution < 1.29 is 9.47 Å². The van der Waals surface area contributed by atoms with Gasteiger partial charge in [0.25, 0.3) is 5.88 Å². The summed E-state index contributed by atoms with van der Waals surface area (Å²) in [4.78, 5) is 0. The minimum Gasteiger partial charge on any atom is -0.473 e. The van der Waals surface area contributed by atoms with Crippen molar-refractivity contribution in [3.05, 3.63) is 17.8 Å². The summed E-state index contributed by atoms with van der Waals surface area (Å²) in [5, 5.41) is 19.4. The van der Waals surface area contributed by atoms with E-state index < -0.39 is 0 Å². The Morgan fingerprint density at radius 2 is 2.62 bits per heavy atom. The number of hydrogen-bond acceptors (Lipinski definition) is 6. The average molecular weight is 220 g/mol. The summed E-state index contributed by atoms with van der Waals surface area (Å²) >= 11 is 0. The third-order valence-electron chi connectivity index (χ3n) is 2.22. The zero-order valence-corrected chi connectivity index (χ0v) is 8.72. The summed E-state index contributed by atoms with van der Waals surface area (Å²) in [5.41, 5.74) is 0.388. The van der Waals surface area contributed by atoms with Crippen LogP contribution in [0.4, 0.5) is 0 Å². The second kappa shape index (κ2) is 5.39. The van der Waals surface area contributed by atoms with Crippen LogP contribution in [-0.2, 0) is 4.74 Å². The van der Waals surface area contributed by atoms with E-state index in [0.29, 0.717) is 18.8 Å². The molecule has 0 bridgehead atoms. The highest BCUT2D eigenvalue weighted by molar-refractivity contribution is 5.35. The molecule has 1 N–H and O–H groups in total. The van der Waals surface area contributed by atoms with Gasteiger partial charge in [0.1, 0.15) is 24.3 Å². The molecule has 2 heterocycles. The van der Waals surface area contributed by atoms with E-state index in [0.717, 1.165) is 13.1 Å². The highest BCUT2D eigenvalue weighted by Crippen LogP contribution is 2.12. The van der Waals surface area contributed by atoms with Crippen molar-refractivity contribution in [2.24, 2.45) is 0 Å². The van der Waals surface area contributed by atoms with Gasteiger partial charge in [-0.3, -0.25) is 0 Å². The lowest BCUT2D eigenvalue weighted by molar-refractivity contribution is -0.000993. The number of rotatable bonds is 3. The number of nitrogens with zero attached hydrogens (tertiary/aromatic N) is 3. The van der Waals surface area contributed by atoms with Crippen LogP contribution in [0.25, 0.3) is 0 Å². The molecule has 0 amide bonds. The Morgan fingerprint density at radius 1 is 1.69 bits per heavy atom. The Hall–Kier alpha value is -1.71. The van der Waals surface area contributed by atoms with E-state index in [4.69, 9.17) is 14.7 Å². The number of morpholine rings is 1. The number of hydrogen-bond donors (Lipinski definition) is 1. The molecule has 0 aromatic carbocycles. The Morgan fingerprint density at radius 3 is 3.38 bits per heavy atom. The van der Waals surface area contributed by atoms with E-state index in [-0.39, 0.29) is 12.0 Å². The van der Waals surface area contributed by atoms with Gasteiger partial charge in [0.15, 0.2) is 0 Å². The summed E-state index contributed by atoms with van der Waals surface area (Å²) in [6, 6.07) is 3.57. The molecule has 6 heteroatoms. The maximum Gasteiger partial charge on any atom is 0.251 e. The van der Waals surface area contributed by atoms with E-state index in [2.05, 4.69) is 15.5 Å². The lowest BCUT2D eigenvalue weighted by Crippen LogP contribution is -2.41. The molecular formula is C10H12N4O2. The van der Waals surface area contributed by atoms with Gasteiger partial charge in [-0.25, -0.2) is 0 Å². The first-order valence-corrected chi connectivity index (χ1v) is 5.07. The maximum absolute atomic E-state index is 8.81. The van der Waals surface area contributed by atoms with Gasteiger partial charge in [-0.2, -0.15) is 10.4 Å². The van der Waals surface area contributed by atoms with E-state index >= 15 is 0 Å². The number of ether oxygens (including phenoxy) is 2. The summed E-state index contributed by atoms with van der Waals surface area (Å²) in [5.74, 6) is 0.263. The standard InChI is InChI=1S/C10H12N4O2/c11-5-8-1-2-13-14-10(8)16-7-9-6-12-3-4-15-9/h1-2,9,12H,3-4,6-7H2. The molecule has 1 atom stereocenters. The largest absolute Gasteiger partial charge is 0.473 e. The predicted octanol–water partition coefficient (Wildman–Crippen LogP) is -0.285. The first-order chi connectivity index (χ1) is 7.90. The Labute approximate surface area is 93.2 Å². The van der Waals surface area contributed by atoms with Gasteiger partial charge in [-0.1, -0.05) is 0 Å². The van der Waals surface area contributed by atoms with Crippen LogP contribution in [0.3, 0.4) is 0 Å². The molecule has 1 aromatic rings. The molecule has 1 aromatic heterocycles. The predicted molar refractivity (Wildman–Crippen MR) is 54.9 cm³/mol. The van der Waals surface area contributed by atoms with Crippen molar-refractivity contribution >= 4 is 0 Å². The summed E-state index contributed by atoms with van der Waals surface area (Å²) in [7, 11) is 0. The second-order valence-corrected chi connectivity index (χ2v) is 3.37. The van der Waals surface area contributed by atoms with Gasteiger partial charge in [-0.15, -0.1) is 5.10 Å². The van der Waals surface area contributed by atoms with Crippen LogP contribution < -0.4 is 10.1 Å². The fourth-order valence-electron chi connectivity index (χ4n) is 1.41. The molecule has 0 spiro atoms. The van der Waals surface area contributed by atoms with Gasteiger partial charge in [0.05, 0.1) is 12.8 Å². The van der Waals surface area contributed by atoms with Crippen LogP contribution in [0.15, 0.2) is 12.3 Å². The second-order valence-electron chi connectivity index (χ2n) is 3.37. The van der Waals surface area contributed by atoms with Crippen molar-refractivity contribution in [1.82, 2.24) is 15.5 Å². The summed E-state index contributed by atoms with van der Waals surface area (Å²) < 4.78 is 10.9. The van der Waals surface area contributed by atoms with Crippen molar-refractivity contribution in [2.45, 2.75) is 6.10 Å². The van der Waals surface area contributed by atoms with Crippen LogP contribution in [0, 0.1) is 11.3 Å². The molecule has 1 saturated heterocycles. The van der Waals surface area contributed by atoms with Gasteiger partial charge < -0.3 is 14.8 Å². The lowest BCUT2D eigenvalue weighted by Gasteiger charge is -2.23. The number of nitriles is 1. The molecule has 1 aliphatic rings. The van der Waals surface area contributed by atoms with Crippen LogP contribution in [-0.4, -0.2) is 42.6 Å². The molecule has 0 saturated carbocycles. The molecule has 1 aliphatic heterocycles. The van der Waals surface area contributed by atoms with Crippen LogP contribution in [0.1, 0.15) is 5.56 Å². The molecule has 0 radical (unpaired) electrons. The molecule has 0 aliphatic carbocycles. The van der Waals surface area contributed by atoms with E-state index in [1.807, 2.05) is 6.07 Å². The van der Waals surface area contributed by atoms with E-state index in [1.54, 1.807) is 6.07 Å². The SMILES string of the molecule is N#Cc1ccnnc1OCC1CNCCO1. The normalized spacial score (nSPS) is 20.1. The molecule has 1 fully saturated rings. The number of nitrogens with one attached hydrogen (secondary N) is 1. The van der Waals surface area contributed by atoms with Crippen molar-refractivity contribution in [2.75, 3.05) is 26.3 Å². The molecule has 1 unspecified atom stereocenters. The smallest absolute Gasteiger partial charge is 0.251 e. The molecule has 2 rings (SSSR count). The van der Waals surface area contributed by atoms with Crippen molar-refractivity contribution in [3.63, 3.8) is 0 Å². The van der Waals surface area contributed by atoms with Gasteiger partial charge in [0.2, 0.25) is 0 Å². The van der Waals surface area contributed by atoms with E-state index in [9.17, 15) is 0 Å².